The predicted molar refractivity (Wildman–Crippen MR) is 79.8 cm³/mol. The Labute approximate surface area is 116 Å². The summed E-state index contributed by atoms with van der Waals surface area (Å²) in [5.74, 6) is -0.252. The molecule has 0 bridgehead atoms. The summed E-state index contributed by atoms with van der Waals surface area (Å²) in [5.41, 5.74) is 1.01. The number of ether oxygens (including phenoxy) is 1. The minimum atomic E-state index is -0.252. The molecule has 0 aliphatic carbocycles. The molecule has 1 rings (SSSR count). The Balaban J connectivity index is 2.07. The van der Waals surface area contributed by atoms with Gasteiger partial charge >= 0.3 is 5.97 Å². The number of rotatable bonds is 9. The second-order valence-corrected chi connectivity index (χ2v) is 4.68. The normalized spacial score (nSPS) is 10.8. The summed E-state index contributed by atoms with van der Waals surface area (Å²) in [6, 6.07) is 9.76. The third-order valence-electron chi connectivity index (χ3n) is 2.95. The fourth-order valence-corrected chi connectivity index (χ4v) is 1.83. The van der Waals surface area contributed by atoms with Crippen LogP contribution in [0.4, 0.5) is 0 Å². The molecule has 0 heterocycles. The van der Waals surface area contributed by atoms with Crippen molar-refractivity contribution in [1.29, 1.82) is 0 Å². The Morgan fingerprint density at radius 3 is 2.47 bits per heavy atom. The molecule has 0 aliphatic rings. The molecule has 1 aromatic rings. The Kier molecular flexibility index (Phi) is 8.45. The van der Waals surface area contributed by atoms with E-state index in [1.165, 1.54) is 31.8 Å². The second kappa shape index (κ2) is 10.4. The Bertz CT molecular complexity index is 368. The van der Waals surface area contributed by atoms with Gasteiger partial charge in [0.05, 0.1) is 6.61 Å². The van der Waals surface area contributed by atoms with Crippen molar-refractivity contribution < 1.29 is 9.53 Å². The quantitative estimate of drug-likeness (QED) is 0.368. The lowest BCUT2D eigenvalue weighted by molar-refractivity contribution is -0.137. The van der Waals surface area contributed by atoms with E-state index in [0.29, 0.717) is 6.61 Å². The van der Waals surface area contributed by atoms with Gasteiger partial charge in [-0.3, -0.25) is 0 Å². The fourth-order valence-electron chi connectivity index (χ4n) is 1.83. The summed E-state index contributed by atoms with van der Waals surface area (Å²) >= 11 is 0. The number of hydrogen-bond acceptors (Lipinski definition) is 2. The van der Waals surface area contributed by atoms with Crippen molar-refractivity contribution in [3.05, 3.63) is 42.0 Å². The van der Waals surface area contributed by atoms with Gasteiger partial charge in [0.2, 0.25) is 0 Å². The highest BCUT2D eigenvalue weighted by molar-refractivity contribution is 5.86. The van der Waals surface area contributed by atoms with Crippen LogP contribution in [0.2, 0.25) is 0 Å². The van der Waals surface area contributed by atoms with Gasteiger partial charge in [-0.2, -0.15) is 0 Å². The fraction of sp³-hybridized carbons (Fsp3) is 0.471. The zero-order valence-electron chi connectivity index (χ0n) is 11.8. The topological polar surface area (TPSA) is 26.3 Å². The van der Waals surface area contributed by atoms with Gasteiger partial charge in [-0.15, -0.1) is 0 Å². The van der Waals surface area contributed by atoms with Crippen LogP contribution in [0.3, 0.4) is 0 Å². The first-order chi connectivity index (χ1) is 9.33. The first kappa shape index (κ1) is 15.5. The van der Waals surface area contributed by atoms with Crippen molar-refractivity contribution in [2.45, 2.75) is 45.4 Å². The highest BCUT2D eigenvalue weighted by atomic mass is 16.5. The standard InChI is InChI=1S/C17H24O2/c1-2-3-4-5-6-10-15-19-17(18)14-13-16-11-8-7-9-12-16/h7-9,11-14H,2-6,10,15H2,1H3/b14-13+. The maximum absolute atomic E-state index is 11.4. The lowest BCUT2D eigenvalue weighted by Gasteiger charge is -2.02. The summed E-state index contributed by atoms with van der Waals surface area (Å²) in [6.07, 6.45) is 10.5. The molecule has 104 valence electrons. The van der Waals surface area contributed by atoms with E-state index >= 15 is 0 Å². The molecule has 2 nitrogen and oxygen atoms in total. The van der Waals surface area contributed by atoms with E-state index in [9.17, 15) is 4.79 Å². The van der Waals surface area contributed by atoms with Crippen molar-refractivity contribution >= 4 is 12.0 Å². The molecule has 0 aromatic heterocycles. The van der Waals surface area contributed by atoms with Gasteiger partial charge in [0.1, 0.15) is 0 Å². The zero-order valence-corrected chi connectivity index (χ0v) is 11.8. The van der Waals surface area contributed by atoms with Gasteiger partial charge in [-0.1, -0.05) is 69.4 Å². The average molecular weight is 260 g/mol. The third-order valence-corrected chi connectivity index (χ3v) is 2.95. The first-order valence-electron chi connectivity index (χ1n) is 7.23. The predicted octanol–water partition coefficient (Wildman–Crippen LogP) is 4.60. The van der Waals surface area contributed by atoms with Gasteiger partial charge in [0.25, 0.3) is 0 Å². The number of hydrogen-bond donors (Lipinski definition) is 0. The van der Waals surface area contributed by atoms with Crippen LogP contribution in [-0.2, 0) is 9.53 Å². The lowest BCUT2D eigenvalue weighted by Crippen LogP contribution is -2.02. The molecule has 0 N–H and O–H groups in total. The Hall–Kier alpha value is -1.57. The molecule has 2 heteroatoms. The molecule has 0 spiro atoms. The Morgan fingerprint density at radius 2 is 1.74 bits per heavy atom. The van der Waals surface area contributed by atoms with E-state index in [0.717, 1.165) is 18.4 Å². The zero-order chi connectivity index (χ0) is 13.8. The summed E-state index contributed by atoms with van der Waals surface area (Å²) in [7, 11) is 0. The number of benzene rings is 1. The minimum absolute atomic E-state index is 0.252. The summed E-state index contributed by atoms with van der Waals surface area (Å²) in [6.45, 7) is 2.74. The van der Waals surface area contributed by atoms with Crippen LogP contribution in [0.25, 0.3) is 6.08 Å². The first-order valence-corrected chi connectivity index (χ1v) is 7.23. The van der Waals surface area contributed by atoms with E-state index in [-0.39, 0.29) is 5.97 Å². The molecule has 0 radical (unpaired) electrons. The number of unbranched alkanes of at least 4 members (excludes halogenated alkanes) is 5. The molecule has 0 unspecified atom stereocenters. The van der Waals surface area contributed by atoms with Crippen LogP contribution in [-0.4, -0.2) is 12.6 Å². The maximum atomic E-state index is 11.4. The molecule has 0 saturated heterocycles. The van der Waals surface area contributed by atoms with E-state index in [1.54, 1.807) is 6.08 Å². The van der Waals surface area contributed by atoms with Crippen LogP contribution in [0.5, 0.6) is 0 Å². The van der Waals surface area contributed by atoms with E-state index in [2.05, 4.69) is 6.92 Å². The van der Waals surface area contributed by atoms with Gasteiger partial charge in [-0.05, 0) is 18.1 Å². The lowest BCUT2D eigenvalue weighted by atomic mass is 10.1. The minimum Gasteiger partial charge on any atom is -0.463 e. The van der Waals surface area contributed by atoms with Crippen molar-refractivity contribution in [3.63, 3.8) is 0 Å². The summed E-state index contributed by atoms with van der Waals surface area (Å²) in [5, 5.41) is 0. The molecular weight excluding hydrogens is 236 g/mol. The summed E-state index contributed by atoms with van der Waals surface area (Å²) < 4.78 is 5.14. The molecule has 0 atom stereocenters. The molecular formula is C17H24O2. The molecule has 0 saturated carbocycles. The average Bonchev–Trinajstić information content (AvgIpc) is 2.45. The van der Waals surface area contributed by atoms with E-state index in [1.807, 2.05) is 30.3 Å². The van der Waals surface area contributed by atoms with Gasteiger partial charge < -0.3 is 4.74 Å². The van der Waals surface area contributed by atoms with Gasteiger partial charge in [-0.25, -0.2) is 4.79 Å². The monoisotopic (exact) mass is 260 g/mol. The number of carbonyl (C=O) groups is 1. The Morgan fingerprint density at radius 1 is 1.05 bits per heavy atom. The molecule has 0 amide bonds. The van der Waals surface area contributed by atoms with Crippen LogP contribution >= 0.6 is 0 Å². The summed E-state index contributed by atoms with van der Waals surface area (Å²) in [4.78, 5) is 11.4. The third kappa shape index (κ3) is 8.20. The van der Waals surface area contributed by atoms with Crippen LogP contribution in [0.1, 0.15) is 51.0 Å². The second-order valence-electron chi connectivity index (χ2n) is 4.68. The van der Waals surface area contributed by atoms with Crippen LogP contribution < -0.4 is 0 Å². The molecule has 19 heavy (non-hydrogen) atoms. The molecule has 0 aliphatic heterocycles. The maximum Gasteiger partial charge on any atom is 0.330 e. The molecule has 1 aromatic carbocycles. The van der Waals surface area contributed by atoms with E-state index in [4.69, 9.17) is 4.74 Å². The van der Waals surface area contributed by atoms with Crippen LogP contribution in [0.15, 0.2) is 36.4 Å². The number of esters is 1. The highest BCUT2D eigenvalue weighted by Gasteiger charge is 1.97. The smallest absolute Gasteiger partial charge is 0.330 e. The van der Waals surface area contributed by atoms with Crippen molar-refractivity contribution in [2.24, 2.45) is 0 Å². The molecule has 0 fully saturated rings. The van der Waals surface area contributed by atoms with Crippen LogP contribution in [0, 0.1) is 0 Å². The largest absolute Gasteiger partial charge is 0.463 e. The van der Waals surface area contributed by atoms with Gasteiger partial charge in [0, 0.05) is 6.08 Å². The SMILES string of the molecule is CCCCCCCCOC(=O)/C=C/c1ccccc1. The van der Waals surface area contributed by atoms with E-state index < -0.39 is 0 Å². The number of carbonyl (C=O) groups excluding carboxylic acids is 1. The highest BCUT2D eigenvalue weighted by Crippen LogP contribution is 2.05. The van der Waals surface area contributed by atoms with Crippen molar-refractivity contribution in [2.75, 3.05) is 6.61 Å². The van der Waals surface area contributed by atoms with Gasteiger partial charge in [0.15, 0.2) is 0 Å². The van der Waals surface area contributed by atoms with Crippen molar-refractivity contribution in [3.8, 4) is 0 Å². The van der Waals surface area contributed by atoms with Crippen molar-refractivity contribution in [1.82, 2.24) is 0 Å².